The van der Waals surface area contributed by atoms with Gasteiger partial charge in [0.1, 0.15) is 0 Å². The fourth-order valence-corrected chi connectivity index (χ4v) is 1.71. The Morgan fingerprint density at radius 2 is 1.86 bits per heavy atom. The number of carbonyl (C=O) groups is 1. The second-order valence-corrected chi connectivity index (χ2v) is 5.92. The average molecular weight is 311 g/mol. The summed E-state index contributed by atoms with van der Waals surface area (Å²) in [6, 6.07) is 0. The van der Waals surface area contributed by atoms with Gasteiger partial charge in [-0.2, -0.15) is 0 Å². The van der Waals surface area contributed by atoms with Crippen LogP contribution in [0.3, 0.4) is 0 Å². The zero-order valence-corrected chi connectivity index (χ0v) is 11.7. The van der Waals surface area contributed by atoms with Gasteiger partial charge >= 0.3 is 0 Å². The Labute approximate surface area is 101 Å². The Hall–Kier alpha value is 0.200. The van der Waals surface area contributed by atoms with Crippen LogP contribution in [0.5, 0.6) is 0 Å². The van der Waals surface area contributed by atoms with E-state index in [4.69, 9.17) is 0 Å². The molecule has 0 aromatic rings. The van der Waals surface area contributed by atoms with E-state index in [0.717, 1.165) is 13.0 Å². The van der Waals surface area contributed by atoms with E-state index in [1.807, 2.05) is 0 Å². The van der Waals surface area contributed by atoms with Crippen molar-refractivity contribution in [1.82, 2.24) is 5.32 Å². The van der Waals surface area contributed by atoms with Crippen LogP contribution in [0, 0.1) is 5.41 Å². The molecule has 0 aliphatic heterocycles. The molecule has 0 saturated heterocycles. The molecule has 0 aliphatic rings. The lowest BCUT2D eigenvalue weighted by atomic mass is 9.92. The molecule has 0 saturated carbocycles. The first kappa shape index (κ1) is 14.2. The number of hydrogen-bond acceptors (Lipinski definition) is 1. The average Bonchev–Trinajstić information content (AvgIpc) is 2.00. The summed E-state index contributed by atoms with van der Waals surface area (Å²) in [6.07, 6.45) is 4.21. The molecule has 0 aliphatic carbocycles. The van der Waals surface area contributed by atoms with Gasteiger partial charge in [-0.05, 0) is 22.7 Å². The molecule has 0 bridgehead atoms. The molecule has 0 spiro atoms. The molecule has 84 valence electrons. The lowest BCUT2D eigenvalue weighted by Gasteiger charge is -2.17. The van der Waals surface area contributed by atoms with Crippen LogP contribution < -0.4 is 5.32 Å². The molecular formula is C11H22INO. The molecule has 0 rings (SSSR count). The summed E-state index contributed by atoms with van der Waals surface area (Å²) in [5.74, 6) is 0.187. The largest absolute Gasteiger partial charge is 0.356 e. The highest BCUT2D eigenvalue weighted by Crippen LogP contribution is 2.17. The lowest BCUT2D eigenvalue weighted by molar-refractivity contribution is -0.122. The normalized spacial score (nSPS) is 11.4. The van der Waals surface area contributed by atoms with Crippen molar-refractivity contribution in [3.05, 3.63) is 0 Å². The van der Waals surface area contributed by atoms with Crippen molar-refractivity contribution in [3.8, 4) is 0 Å². The third kappa shape index (κ3) is 10.3. The first-order valence-electron chi connectivity index (χ1n) is 5.28. The predicted octanol–water partition coefficient (Wildman–Crippen LogP) is 3.14. The van der Waals surface area contributed by atoms with Gasteiger partial charge in [0.15, 0.2) is 0 Å². The summed E-state index contributed by atoms with van der Waals surface area (Å²) in [5, 5.41) is 2.96. The number of rotatable bonds is 6. The molecule has 0 fully saturated rings. The molecule has 0 atom stereocenters. The fourth-order valence-electron chi connectivity index (χ4n) is 1.17. The molecule has 0 aromatic carbocycles. The number of hydrogen-bond donors (Lipinski definition) is 1. The first-order valence-corrected chi connectivity index (χ1v) is 6.81. The Kier molecular flexibility index (Phi) is 7.59. The highest BCUT2D eigenvalue weighted by molar-refractivity contribution is 14.1. The Morgan fingerprint density at radius 3 is 2.36 bits per heavy atom. The number of halogens is 1. The maximum atomic E-state index is 11.4. The van der Waals surface area contributed by atoms with E-state index in [0.29, 0.717) is 6.42 Å². The third-order valence-corrected chi connectivity index (χ3v) is 2.59. The Morgan fingerprint density at radius 1 is 1.21 bits per heavy atom. The second-order valence-electron chi connectivity index (χ2n) is 4.84. The monoisotopic (exact) mass is 311 g/mol. The van der Waals surface area contributed by atoms with E-state index < -0.39 is 0 Å². The number of amides is 1. The van der Waals surface area contributed by atoms with Gasteiger partial charge in [0.25, 0.3) is 0 Å². The van der Waals surface area contributed by atoms with E-state index >= 15 is 0 Å². The van der Waals surface area contributed by atoms with E-state index in [-0.39, 0.29) is 11.3 Å². The molecule has 3 heteroatoms. The standard InChI is InChI=1S/C11H22INO/c1-11(2,3)9-10(14)13-8-6-4-5-7-12/h4-9H2,1-3H3,(H,13,14). The second kappa shape index (κ2) is 7.49. The molecular weight excluding hydrogens is 289 g/mol. The van der Waals surface area contributed by atoms with Gasteiger partial charge in [-0.1, -0.05) is 49.8 Å². The van der Waals surface area contributed by atoms with Crippen LogP contribution in [-0.4, -0.2) is 16.9 Å². The van der Waals surface area contributed by atoms with E-state index in [2.05, 4.69) is 48.7 Å². The van der Waals surface area contributed by atoms with Crippen molar-refractivity contribution in [2.45, 2.75) is 46.5 Å². The van der Waals surface area contributed by atoms with Gasteiger partial charge in [0, 0.05) is 13.0 Å². The predicted molar refractivity (Wildman–Crippen MR) is 69.8 cm³/mol. The maximum Gasteiger partial charge on any atom is 0.220 e. The van der Waals surface area contributed by atoms with Crippen LogP contribution in [0.15, 0.2) is 0 Å². The van der Waals surface area contributed by atoms with Crippen LogP contribution in [0.2, 0.25) is 0 Å². The molecule has 1 N–H and O–H groups in total. The minimum atomic E-state index is 0.103. The SMILES string of the molecule is CC(C)(C)CC(=O)NCCCCCI. The first-order chi connectivity index (χ1) is 6.45. The topological polar surface area (TPSA) is 29.1 Å². The molecule has 0 radical (unpaired) electrons. The maximum absolute atomic E-state index is 11.4. The molecule has 1 amide bonds. The summed E-state index contributed by atoms with van der Waals surface area (Å²) in [7, 11) is 0. The van der Waals surface area contributed by atoms with Crippen molar-refractivity contribution in [2.75, 3.05) is 11.0 Å². The fraction of sp³-hybridized carbons (Fsp3) is 0.909. The smallest absolute Gasteiger partial charge is 0.220 e. The van der Waals surface area contributed by atoms with Crippen LogP contribution in [-0.2, 0) is 4.79 Å². The molecule has 0 unspecified atom stereocenters. The zero-order chi connectivity index (χ0) is 11.0. The summed E-state index contributed by atoms with van der Waals surface area (Å²) in [5.41, 5.74) is 0.103. The van der Waals surface area contributed by atoms with Crippen LogP contribution in [0.1, 0.15) is 46.5 Å². The minimum Gasteiger partial charge on any atom is -0.356 e. The van der Waals surface area contributed by atoms with Gasteiger partial charge in [0.2, 0.25) is 5.91 Å². The van der Waals surface area contributed by atoms with Gasteiger partial charge in [0.05, 0.1) is 0 Å². The number of alkyl halides is 1. The Bertz CT molecular complexity index is 163. The van der Waals surface area contributed by atoms with Crippen LogP contribution >= 0.6 is 22.6 Å². The number of nitrogens with one attached hydrogen (secondary N) is 1. The summed E-state index contributed by atoms with van der Waals surface area (Å²) < 4.78 is 1.22. The quantitative estimate of drug-likeness (QED) is 0.456. The highest BCUT2D eigenvalue weighted by atomic mass is 127. The van der Waals surface area contributed by atoms with E-state index in [9.17, 15) is 4.79 Å². The molecule has 14 heavy (non-hydrogen) atoms. The number of carbonyl (C=O) groups excluding carboxylic acids is 1. The summed E-state index contributed by atoms with van der Waals surface area (Å²) in [4.78, 5) is 11.4. The summed E-state index contributed by atoms with van der Waals surface area (Å²) in [6.45, 7) is 7.10. The van der Waals surface area contributed by atoms with Crippen molar-refractivity contribution in [3.63, 3.8) is 0 Å². The Balaban J connectivity index is 3.36. The summed E-state index contributed by atoms with van der Waals surface area (Å²) >= 11 is 2.38. The van der Waals surface area contributed by atoms with Crippen molar-refractivity contribution in [1.29, 1.82) is 0 Å². The van der Waals surface area contributed by atoms with Gasteiger partial charge in [-0.3, -0.25) is 4.79 Å². The minimum absolute atomic E-state index is 0.103. The van der Waals surface area contributed by atoms with Crippen molar-refractivity contribution >= 4 is 28.5 Å². The van der Waals surface area contributed by atoms with E-state index in [1.54, 1.807) is 0 Å². The molecule has 0 aromatic heterocycles. The van der Waals surface area contributed by atoms with Crippen molar-refractivity contribution < 1.29 is 4.79 Å². The van der Waals surface area contributed by atoms with E-state index in [1.165, 1.54) is 17.3 Å². The van der Waals surface area contributed by atoms with Gasteiger partial charge in [-0.15, -0.1) is 0 Å². The van der Waals surface area contributed by atoms with Gasteiger partial charge in [-0.25, -0.2) is 0 Å². The van der Waals surface area contributed by atoms with Gasteiger partial charge < -0.3 is 5.32 Å². The zero-order valence-electron chi connectivity index (χ0n) is 9.53. The molecule has 0 heterocycles. The van der Waals surface area contributed by atoms with Crippen LogP contribution in [0.25, 0.3) is 0 Å². The lowest BCUT2D eigenvalue weighted by Crippen LogP contribution is -2.28. The van der Waals surface area contributed by atoms with Crippen molar-refractivity contribution in [2.24, 2.45) is 5.41 Å². The number of unbranched alkanes of at least 4 members (excludes halogenated alkanes) is 2. The highest BCUT2D eigenvalue weighted by Gasteiger charge is 2.14. The van der Waals surface area contributed by atoms with Crippen LogP contribution in [0.4, 0.5) is 0 Å². The third-order valence-electron chi connectivity index (χ3n) is 1.82. The molecule has 2 nitrogen and oxygen atoms in total.